The van der Waals surface area contributed by atoms with Crippen LogP contribution >= 0.6 is 0 Å². The highest BCUT2D eigenvalue weighted by Crippen LogP contribution is 2.28. The summed E-state index contributed by atoms with van der Waals surface area (Å²) in [6.45, 7) is 14.3. The molecule has 2 bridgehead atoms. The lowest BCUT2D eigenvalue weighted by molar-refractivity contribution is -0.130. The molecule has 1 aromatic rings. The molecule has 3 aliphatic rings. The second kappa shape index (κ2) is 11.1. The molecule has 0 N–H and O–H groups in total. The highest BCUT2D eigenvalue weighted by Gasteiger charge is 2.33. The smallest absolute Gasteiger partial charge is 0.219 e. The molecule has 0 aromatic heterocycles. The normalized spacial score (nSPS) is 24.8. The first-order valence-electron chi connectivity index (χ1n) is 12.1. The molecule has 3 saturated heterocycles. The summed E-state index contributed by atoms with van der Waals surface area (Å²) in [5.41, 5.74) is 0.668. The van der Waals surface area contributed by atoms with Crippen LogP contribution in [0.1, 0.15) is 25.3 Å². The van der Waals surface area contributed by atoms with E-state index in [0.29, 0.717) is 12.2 Å². The highest BCUT2D eigenvalue weighted by atomic mass is 16.5. The predicted octanol–water partition coefficient (Wildman–Crippen LogP) is 1.74. The molecule has 1 amide bonds. The van der Waals surface area contributed by atoms with Crippen molar-refractivity contribution >= 4 is 5.91 Å². The maximum atomic E-state index is 11.5. The minimum Gasteiger partial charge on any atom is -0.492 e. The van der Waals surface area contributed by atoms with Crippen LogP contribution < -0.4 is 4.74 Å². The number of nitrogens with zero attached hydrogens (tertiary/aromatic N) is 5. The van der Waals surface area contributed by atoms with Crippen molar-refractivity contribution in [1.82, 2.24) is 19.6 Å². The van der Waals surface area contributed by atoms with Gasteiger partial charge in [0, 0.05) is 65.8 Å². The van der Waals surface area contributed by atoms with Crippen LogP contribution in [0, 0.1) is 23.2 Å². The molecule has 3 aliphatic heterocycles. The van der Waals surface area contributed by atoms with Crippen LogP contribution in [-0.4, -0.2) is 104 Å². The number of amides is 1. The molecule has 32 heavy (non-hydrogen) atoms. The summed E-state index contributed by atoms with van der Waals surface area (Å²) in [5, 5.41) is 8.89. The third kappa shape index (κ3) is 6.44. The van der Waals surface area contributed by atoms with Crippen molar-refractivity contribution in [3.8, 4) is 11.8 Å². The van der Waals surface area contributed by atoms with Crippen molar-refractivity contribution in [3.63, 3.8) is 0 Å². The van der Waals surface area contributed by atoms with Crippen molar-refractivity contribution < 1.29 is 9.53 Å². The molecule has 7 nitrogen and oxygen atoms in total. The molecule has 2 atom stereocenters. The summed E-state index contributed by atoms with van der Waals surface area (Å²) in [4.78, 5) is 21.2. The number of benzene rings is 1. The molecule has 7 heteroatoms. The molecular weight excluding hydrogens is 402 g/mol. The average molecular weight is 440 g/mol. The second-order valence-electron chi connectivity index (χ2n) is 9.67. The van der Waals surface area contributed by atoms with Gasteiger partial charge < -0.3 is 14.5 Å². The molecule has 0 radical (unpaired) electrons. The largest absolute Gasteiger partial charge is 0.492 e. The molecule has 0 saturated carbocycles. The van der Waals surface area contributed by atoms with Gasteiger partial charge in [0.05, 0.1) is 11.6 Å². The lowest BCUT2D eigenvalue weighted by atomic mass is 9.84. The van der Waals surface area contributed by atoms with E-state index in [4.69, 9.17) is 10.00 Å². The summed E-state index contributed by atoms with van der Waals surface area (Å²) >= 11 is 0. The Hall–Kier alpha value is -2.14. The Morgan fingerprint density at radius 2 is 1.53 bits per heavy atom. The topological polar surface area (TPSA) is 63.1 Å². The number of hydrogen-bond donors (Lipinski definition) is 0. The number of piperidine rings is 2. The summed E-state index contributed by atoms with van der Waals surface area (Å²) in [6.07, 6.45) is 2.60. The van der Waals surface area contributed by atoms with E-state index in [2.05, 4.69) is 20.8 Å². The molecule has 0 spiro atoms. The van der Waals surface area contributed by atoms with Gasteiger partial charge in [-0.05, 0) is 62.0 Å². The molecule has 0 aliphatic carbocycles. The van der Waals surface area contributed by atoms with E-state index in [1.807, 2.05) is 17.0 Å². The minimum atomic E-state index is 0.208. The third-order valence-corrected chi connectivity index (χ3v) is 7.16. The fourth-order valence-corrected chi connectivity index (χ4v) is 5.58. The molecule has 4 rings (SSSR count). The van der Waals surface area contributed by atoms with Gasteiger partial charge in [0.2, 0.25) is 5.91 Å². The summed E-state index contributed by atoms with van der Waals surface area (Å²) in [6, 6.07) is 9.51. The number of rotatable bonds is 8. The van der Waals surface area contributed by atoms with E-state index in [-0.39, 0.29) is 5.91 Å². The number of ether oxygens (including phenoxy) is 1. The molecule has 2 unspecified atom stereocenters. The van der Waals surface area contributed by atoms with Gasteiger partial charge in [-0.2, -0.15) is 5.26 Å². The number of fused-ring (bicyclic) bond motifs is 2. The summed E-state index contributed by atoms with van der Waals surface area (Å²) in [7, 11) is 0. The van der Waals surface area contributed by atoms with E-state index in [0.717, 1.165) is 56.9 Å². The van der Waals surface area contributed by atoms with Crippen LogP contribution in [0.2, 0.25) is 0 Å². The van der Waals surface area contributed by atoms with Gasteiger partial charge in [-0.25, -0.2) is 0 Å². The number of piperazine rings is 1. The number of likely N-dealkylation sites (tertiary alicyclic amines) is 2. The standard InChI is InChI=1S/C25H37N5O2/c1-21(31)30-11-9-27(10-12-30)7-2-8-28-17-23-15-24(18-28)20-29(19-23)13-14-32-25-5-3-22(16-26)4-6-25/h3-6,23-24H,2,7-15,17-20H2,1H3. The van der Waals surface area contributed by atoms with E-state index < -0.39 is 0 Å². The maximum absolute atomic E-state index is 11.5. The maximum Gasteiger partial charge on any atom is 0.219 e. The van der Waals surface area contributed by atoms with Gasteiger partial charge in [0.15, 0.2) is 0 Å². The van der Waals surface area contributed by atoms with Crippen molar-refractivity contribution in [3.05, 3.63) is 29.8 Å². The molecule has 174 valence electrons. The number of carbonyl (C=O) groups excluding carboxylic acids is 1. The molecule has 3 heterocycles. The van der Waals surface area contributed by atoms with Crippen molar-refractivity contribution in [2.75, 3.05) is 78.6 Å². The quantitative estimate of drug-likeness (QED) is 0.615. The van der Waals surface area contributed by atoms with Gasteiger partial charge >= 0.3 is 0 Å². The Labute approximate surface area is 192 Å². The monoisotopic (exact) mass is 439 g/mol. The van der Waals surface area contributed by atoms with Crippen LogP contribution in [-0.2, 0) is 4.79 Å². The predicted molar refractivity (Wildman–Crippen MR) is 124 cm³/mol. The Bertz CT molecular complexity index is 771. The number of nitriles is 1. The van der Waals surface area contributed by atoms with Crippen molar-refractivity contribution in [2.24, 2.45) is 11.8 Å². The van der Waals surface area contributed by atoms with Crippen molar-refractivity contribution in [2.45, 2.75) is 19.8 Å². The lowest BCUT2D eigenvalue weighted by Gasteiger charge is -2.46. The third-order valence-electron chi connectivity index (χ3n) is 7.16. The Morgan fingerprint density at radius 3 is 2.12 bits per heavy atom. The summed E-state index contributed by atoms with van der Waals surface area (Å²) in [5.74, 6) is 2.60. The Balaban J connectivity index is 1.11. The van der Waals surface area contributed by atoms with Gasteiger partial charge in [-0.15, -0.1) is 0 Å². The first-order valence-corrected chi connectivity index (χ1v) is 12.1. The SMILES string of the molecule is CC(=O)N1CCN(CCCN2CC3CC(C2)CN(CCOc2ccc(C#N)cc2)C3)CC1. The fourth-order valence-electron chi connectivity index (χ4n) is 5.58. The van der Waals surface area contributed by atoms with E-state index in [1.165, 1.54) is 45.6 Å². The van der Waals surface area contributed by atoms with Crippen LogP contribution in [0.5, 0.6) is 5.75 Å². The number of hydrogen-bond acceptors (Lipinski definition) is 6. The average Bonchev–Trinajstić information content (AvgIpc) is 2.79. The zero-order valence-electron chi connectivity index (χ0n) is 19.4. The van der Waals surface area contributed by atoms with Crippen LogP contribution in [0.15, 0.2) is 24.3 Å². The first-order chi connectivity index (χ1) is 15.6. The molecule has 1 aromatic carbocycles. The molecular formula is C25H37N5O2. The van der Waals surface area contributed by atoms with Crippen molar-refractivity contribution in [1.29, 1.82) is 5.26 Å². The second-order valence-corrected chi connectivity index (χ2v) is 9.67. The van der Waals surface area contributed by atoms with Gasteiger partial charge in [-0.1, -0.05) is 0 Å². The lowest BCUT2D eigenvalue weighted by Crippen LogP contribution is -2.53. The van der Waals surface area contributed by atoms with Crippen LogP contribution in [0.25, 0.3) is 0 Å². The Kier molecular flexibility index (Phi) is 8.01. The van der Waals surface area contributed by atoms with Gasteiger partial charge in [-0.3, -0.25) is 14.6 Å². The zero-order valence-corrected chi connectivity index (χ0v) is 19.4. The summed E-state index contributed by atoms with van der Waals surface area (Å²) < 4.78 is 5.89. The first kappa shape index (κ1) is 23.0. The zero-order chi connectivity index (χ0) is 22.3. The van der Waals surface area contributed by atoms with E-state index in [9.17, 15) is 4.79 Å². The van der Waals surface area contributed by atoms with Crippen LogP contribution in [0.3, 0.4) is 0 Å². The van der Waals surface area contributed by atoms with Crippen LogP contribution in [0.4, 0.5) is 0 Å². The highest BCUT2D eigenvalue weighted by molar-refractivity contribution is 5.73. The van der Waals surface area contributed by atoms with Gasteiger partial charge in [0.25, 0.3) is 0 Å². The fraction of sp³-hybridized carbons (Fsp3) is 0.680. The minimum absolute atomic E-state index is 0.208. The van der Waals surface area contributed by atoms with E-state index in [1.54, 1.807) is 19.1 Å². The molecule has 3 fully saturated rings. The number of carbonyl (C=O) groups is 1. The van der Waals surface area contributed by atoms with E-state index >= 15 is 0 Å². The Morgan fingerprint density at radius 1 is 0.938 bits per heavy atom. The van der Waals surface area contributed by atoms with Gasteiger partial charge in [0.1, 0.15) is 12.4 Å².